The lowest BCUT2D eigenvalue weighted by atomic mass is 9.98. The smallest absolute Gasteiger partial charge is 0.273 e. The molecule has 1 fully saturated rings. The molecule has 0 saturated carbocycles. The number of hydrogen-bond donors (Lipinski definition) is 2. The molecule has 0 aromatic heterocycles. The SMILES string of the molecule is COCC1(CNC(=O)c2cccc([N+](=O)[O-])c2C)CCCN1.Cl. The second-order valence-electron chi connectivity index (χ2n) is 5.63. The van der Waals surface area contributed by atoms with E-state index in [1.807, 2.05) is 0 Å². The van der Waals surface area contributed by atoms with E-state index >= 15 is 0 Å². The molecule has 0 radical (unpaired) electrons. The van der Waals surface area contributed by atoms with Crippen molar-refractivity contribution in [2.24, 2.45) is 0 Å². The number of halogens is 1. The van der Waals surface area contributed by atoms with Crippen molar-refractivity contribution in [2.45, 2.75) is 25.3 Å². The molecule has 1 aliphatic heterocycles. The number of nitro groups is 1. The van der Waals surface area contributed by atoms with Crippen LogP contribution in [0.2, 0.25) is 0 Å². The largest absolute Gasteiger partial charge is 0.383 e. The van der Waals surface area contributed by atoms with E-state index in [1.165, 1.54) is 12.1 Å². The van der Waals surface area contributed by atoms with E-state index in [4.69, 9.17) is 4.74 Å². The van der Waals surface area contributed by atoms with Crippen molar-refractivity contribution in [2.75, 3.05) is 26.8 Å². The van der Waals surface area contributed by atoms with Gasteiger partial charge in [0.25, 0.3) is 11.6 Å². The van der Waals surface area contributed by atoms with Crippen molar-refractivity contribution in [3.05, 3.63) is 39.4 Å². The zero-order valence-corrected chi connectivity index (χ0v) is 14.1. The monoisotopic (exact) mass is 343 g/mol. The summed E-state index contributed by atoms with van der Waals surface area (Å²) in [5.41, 5.74) is 0.419. The zero-order chi connectivity index (χ0) is 16.2. The maximum absolute atomic E-state index is 12.3. The van der Waals surface area contributed by atoms with Gasteiger partial charge in [-0.25, -0.2) is 0 Å². The van der Waals surface area contributed by atoms with Gasteiger partial charge >= 0.3 is 0 Å². The van der Waals surface area contributed by atoms with Crippen LogP contribution in [0.3, 0.4) is 0 Å². The molecule has 1 unspecified atom stereocenters. The Hall–Kier alpha value is -1.70. The lowest BCUT2D eigenvalue weighted by Crippen LogP contribution is -2.53. The summed E-state index contributed by atoms with van der Waals surface area (Å²) in [6.07, 6.45) is 1.96. The van der Waals surface area contributed by atoms with Gasteiger partial charge in [0.15, 0.2) is 0 Å². The van der Waals surface area contributed by atoms with Gasteiger partial charge in [0.05, 0.1) is 17.1 Å². The Bertz CT molecular complexity index is 574. The first-order chi connectivity index (χ1) is 10.5. The third kappa shape index (κ3) is 4.40. The van der Waals surface area contributed by atoms with E-state index < -0.39 is 4.92 Å². The van der Waals surface area contributed by atoms with Crippen LogP contribution in [0.4, 0.5) is 5.69 Å². The number of nitrogens with zero attached hydrogens (tertiary/aromatic N) is 1. The number of ether oxygens (including phenoxy) is 1. The van der Waals surface area contributed by atoms with Crippen molar-refractivity contribution < 1.29 is 14.5 Å². The van der Waals surface area contributed by atoms with Crippen LogP contribution in [0.5, 0.6) is 0 Å². The number of nitro benzene ring substituents is 1. The number of hydrogen-bond acceptors (Lipinski definition) is 5. The molecule has 1 aliphatic rings. The highest BCUT2D eigenvalue weighted by Gasteiger charge is 2.34. The maximum Gasteiger partial charge on any atom is 0.273 e. The van der Waals surface area contributed by atoms with Crippen LogP contribution in [0.25, 0.3) is 0 Å². The Morgan fingerprint density at radius 1 is 1.52 bits per heavy atom. The summed E-state index contributed by atoms with van der Waals surface area (Å²) in [6.45, 7) is 3.43. The summed E-state index contributed by atoms with van der Waals surface area (Å²) in [7, 11) is 1.63. The van der Waals surface area contributed by atoms with Gasteiger partial charge in [0.2, 0.25) is 0 Å². The Morgan fingerprint density at radius 2 is 2.26 bits per heavy atom. The van der Waals surface area contributed by atoms with E-state index in [1.54, 1.807) is 20.1 Å². The van der Waals surface area contributed by atoms with Gasteiger partial charge in [-0.15, -0.1) is 12.4 Å². The highest BCUT2D eigenvalue weighted by molar-refractivity contribution is 5.96. The molecule has 1 atom stereocenters. The first-order valence-corrected chi connectivity index (χ1v) is 7.25. The number of carbonyl (C=O) groups excluding carboxylic acids is 1. The van der Waals surface area contributed by atoms with Gasteiger partial charge in [0.1, 0.15) is 0 Å². The van der Waals surface area contributed by atoms with Crippen molar-refractivity contribution in [3.63, 3.8) is 0 Å². The Kier molecular flexibility index (Phi) is 6.93. The van der Waals surface area contributed by atoms with Gasteiger partial charge < -0.3 is 15.4 Å². The first kappa shape index (κ1) is 19.3. The summed E-state index contributed by atoms with van der Waals surface area (Å²) in [5, 5.41) is 17.2. The van der Waals surface area contributed by atoms with Crippen LogP contribution in [0.1, 0.15) is 28.8 Å². The van der Waals surface area contributed by atoms with Gasteiger partial charge in [0, 0.05) is 30.8 Å². The molecule has 1 amide bonds. The van der Waals surface area contributed by atoms with Crippen LogP contribution in [0, 0.1) is 17.0 Å². The van der Waals surface area contributed by atoms with E-state index in [0.29, 0.717) is 24.3 Å². The fourth-order valence-corrected chi connectivity index (χ4v) is 2.88. The van der Waals surface area contributed by atoms with Crippen LogP contribution in [0.15, 0.2) is 18.2 Å². The molecule has 7 nitrogen and oxygen atoms in total. The minimum atomic E-state index is -0.475. The van der Waals surface area contributed by atoms with Crippen molar-refractivity contribution in [1.82, 2.24) is 10.6 Å². The van der Waals surface area contributed by atoms with Gasteiger partial charge in [-0.3, -0.25) is 14.9 Å². The zero-order valence-electron chi connectivity index (χ0n) is 13.3. The molecule has 0 bridgehead atoms. The van der Waals surface area contributed by atoms with Crippen molar-refractivity contribution in [1.29, 1.82) is 0 Å². The van der Waals surface area contributed by atoms with Crippen molar-refractivity contribution in [3.8, 4) is 0 Å². The van der Waals surface area contributed by atoms with Crippen LogP contribution in [-0.2, 0) is 4.74 Å². The molecular formula is C15H22ClN3O4. The highest BCUT2D eigenvalue weighted by Crippen LogP contribution is 2.22. The summed E-state index contributed by atoms with van der Waals surface area (Å²) >= 11 is 0. The minimum absolute atomic E-state index is 0. The van der Waals surface area contributed by atoms with Crippen LogP contribution < -0.4 is 10.6 Å². The fourth-order valence-electron chi connectivity index (χ4n) is 2.88. The Balaban J connectivity index is 0.00000264. The second kappa shape index (κ2) is 8.24. The minimum Gasteiger partial charge on any atom is -0.383 e. The Morgan fingerprint density at radius 3 is 2.83 bits per heavy atom. The van der Waals surface area contributed by atoms with Crippen molar-refractivity contribution >= 4 is 24.0 Å². The van der Waals surface area contributed by atoms with Crippen LogP contribution in [-0.4, -0.2) is 43.2 Å². The molecule has 2 N–H and O–H groups in total. The molecule has 23 heavy (non-hydrogen) atoms. The second-order valence-corrected chi connectivity index (χ2v) is 5.63. The first-order valence-electron chi connectivity index (χ1n) is 7.25. The molecule has 1 heterocycles. The average Bonchev–Trinajstić information content (AvgIpc) is 2.94. The average molecular weight is 344 g/mol. The number of benzene rings is 1. The van der Waals surface area contributed by atoms with Gasteiger partial charge in [-0.1, -0.05) is 6.07 Å². The molecular weight excluding hydrogens is 322 g/mol. The fraction of sp³-hybridized carbons (Fsp3) is 0.533. The summed E-state index contributed by atoms with van der Waals surface area (Å²) in [4.78, 5) is 22.8. The predicted molar refractivity (Wildman–Crippen MR) is 89.3 cm³/mol. The number of nitrogens with one attached hydrogen (secondary N) is 2. The predicted octanol–water partition coefficient (Wildman–Crippen LogP) is 1.82. The molecule has 2 rings (SSSR count). The maximum atomic E-state index is 12.3. The molecule has 1 saturated heterocycles. The summed E-state index contributed by atoms with van der Waals surface area (Å²) < 4.78 is 5.24. The van der Waals surface area contributed by atoms with E-state index in [-0.39, 0.29) is 29.5 Å². The molecule has 0 spiro atoms. The van der Waals surface area contributed by atoms with E-state index in [0.717, 1.165) is 19.4 Å². The van der Waals surface area contributed by atoms with Gasteiger partial charge in [-0.2, -0.15) is 0 Å². The summed E-state index contributed by atoms with van der Waals surface area (Å²) in [6, 6.07) is 4.53. The lowest BCUT2D eigenvalue weighted by molar-refractivity contribution is -0.385. The lowest BCUT2D eigenvalue weighted by Gasteiger charge is -2.29. The number of amides is 1. The molecule has 1 aromatic carbocycles. The number of rotatable bonds is 6. The quantitative estimate of drug-likeness (QED) is 0.607. The summed E-state index contributed by atoms with van der Waals surface area (Å²) in [5.74, 6) is -0.301. The standard InChI is InChI=1S/C15H21N3O4.ClH/c1-11-12(5-3-6-13(11)18(20)21)14(19)16-9-15(10-22-2)7-4-8-17-15;/h3,5-6,17H,4,7-10H2,1-2H3,(H,16,19);1H. The molecule has 0 aliphatic carbocycles. The highest BCUT2D eigenvalue weighted by atomic mass is 35.5. The van der Waals surface area contributed by atoms with Gasteiger partial charge in [-0.05, 0) is 32.4 Å². The third-order valence-corrected chi connectivity index (χ3v) is 4.09. The van der Waals surface area contributed by atoms with Crippen LogP contribution >= 0.6 is 12.4 Å². The Labute approximate surface area is 141 Å². The number of carbonyl (C=O) groups is 1. The third-order valence-electron chi connectivity index (χ3n) is 4.09. The van der Waals surface area contributed by atoms with E-state index in [9.17, 15) is 14.9 Å². The molecule has 8 heteroatoms. The normalized spacial score (nSPS) is 19.9. The molecule has 1 aromatic rings. The molecule has 128 valence electrons. The topological polar surface area (TPSA) is 93.5 Å². The number of methoxy groups -OCH3 is 1. The van der Waals surface area contributed by atoms with E-state index in [2.05, 4.69) is 10.6 Å².